The van der Waals surface area contributed by atoms with E-state index in [0.717, 1.165) is 0 Å². The van der Waals surface area contributed by atoms with Crippen LogP contribution in [-0.4, -0.2) is 30.6 Å². The number of hydrogen-bond acceptors (Lipinski definition) is 2. The monoisotopic (exact) mass is 260 g/mol. The molecule has 19 heavy (non-hydrogen) atoms. The molecule has 2 nitrogen and oxygen atoms in total. The van der Waals surface area contributed by atoms with Crippen molar-refractivity contribution in [3.05, 3.63) is 35.4 Å². The zero-order valence-corrected chi connectivity index (χ0v) is 13.0. The van der Waals surface area contributed by atoms with Gasteiger partial charge >= 0.3 is 0 Å². The van der Waals surface area contributed by atoms with Gasteiger partial charge in [-0.2, -0.15) is 0 Å². The molecular weight excluding hydrogens is 232 g/mol. The molecule has 1 saturated heterocycles. The zero-order valence-electron chi connectivity index (χ0n) is 13.0. The van der Waals surface area contributed by atoms with Crippen LogP contribution in [0, 0.1) is 12.8 Å². The van der Waals surface area contributed by atoms with E-state index in [-0.39, 0.29) is 0 Å². The normalized spacial score (nSPS) is 30.3. The molecular formula is C17H28N2. The summed E-state index contributed by atoms with van der Waals surface area (Å²) in [5.41, 5.74) is 2.75. The van der Waals surface area contributed by atoms with Gasteiger partial charge in [0.25, 0.3) is 0 Å². The van der Waals surface area contributed by atoms with Gasteiger partial charge in [-0.3, -0.25) is 0 Å². The maximum absolute atomic E-state index is 3.84. The molecule has 106 valence electrons. The molecule has 4 atom stereocenters. The average molecular weight is 260 g/mol. The molecule has 2 rings (SSSR count). The summed E-state index contributed by atoms with van der Waals surface area (Å²) in [7, 11) is 2.24. The van der Waals surface area contributed by atoms with Crippen molar-refractivity contribution in [2.45, 2.75) is 52.2 Å². The molecule has 1 aliphatic rings. The van der Waals surface area contributed by atoms with Gasteiger partial charge in [-0.05, 0) is 45.7 Å². The first-order valence-electron chi connectivity index (χ1n) is 7.50. The van der Waals surface area contributed by atoms with Gasteiger partial charge in [0.2, 0.25) is 0 Å². The van der Waals surface area contributed by atoms with Crippen LogP contribution in [0.3, 0.4) is 0 Å². The molecule has 1 aromatic carbocycles. The topological polar surface area (TPSA) is 15.3 Å². The van der Waals surface area contributed by atoms with Crippen molar-refractivity contribution in [2.75, 3.05) is 13.6 Å². The molecule has 1 heterocycles. The molecule has 0 spiro atoms. The Labute approximate surface area is 118 Å². The lowest BCUT2D eigenvalue weighted by Crippen LogP contribution is -2.51. The number of benzene rings is 1. The Morgan fingerprint density at radius 1 is 1.32 bits per heavy atom. The standard InChI is InChI=1S/C17H28N2/c1-12-7-6-8-16(9-12)15(4)18-17-10-14(3)19(5)11-13(17)2/h6-9,13-15,17-18H,10-11H2,1-5H3/t13?,14?,15-,17?/m0/s1. The van der Waals surface area contributed by atoms with Crippen LogP contribution in [0.2, 0.25) is 0 Å². The van der Waals surface area contributed by atoms with Crippen LogP contribution in [0.5, 0.6) is 0 Å². The third-order valence-electron chi connectivity index (χ3n) is 4.62. The minimum atomic E-state index is 0.433. The van der Waals surface area contributed by atoms with E-state index < -0.39 is 0 Å². The maximum Gasteiger partial charge on any atom is 0.0294 e. The number of rotatable bonds is 3. The fourth-order valence-electron chi connectivity index (χ4n) is 3.13. The van der Waals surface area contributed by atoms with Gasteiger partial charge in [0, 0.05) is 24.7 Å². The van der Waals surface area contributed by atoms with E-state index in [9.17, 15) is 0 Å². The number of likely N-dealkylation sites (tertiary alicyclic amines) is 1. The minimum absolute atomic E-state index is 0.433. The molecule has 0 aromatic heterocycles. The van der Waals surface area contributed by atoms with Crippen LogP contribution >= 0.6 is 0 Å². The van der Waals surface area contributed by atoms with E-state index >= 15 is 0 Å². The van der Waals surface area contributed by atoms with Crippen molar-refractivity contribution in [2.24, 2.45) is 5.92 Å². The molecule has 1 N–H and O–H groups in total. The number of nitrogens with one attached hydrogen (secondary N) is 1. The Kier molecular flexibility index (Phi) is 4.64. The Balaban J connectivity index is 2.00. The van der Waals surface area contributed by atoms with Crippen molar-refractivity contribution in [1.29, 1.82) is 0 Å². The first-order chi connectivity index (χ1) is 8.97. The highest BCUT2D eigenvalue weighted by atomic mass is 15.2. The van der Waals surface area contributed by atoms with Crippen molar-refractivity contribution in [1.82, 2.24) is 10.2 Å². The van der Waals surface area contributed by atoms with Gasteiger partial charge in [-0.25, -0.2) is 0 Å². The summed E-state index contributed by atoms with van der Waals surface area (Å²) < 4.78 is 0. The third-order valence-corrected chi connectivity index (χ3v) is 4.62. The Morgan fingerprint density at radius 2 is 2.05 bits per heavy atom. The fraction of sp³-hybridized carbons (Fsp3) is 0.647. The summed E-state index contributed by atoms with van der Waals surface area (Å²) in [6, 6.07) is 10.6. The van der Waals surface area contributed by atoms with Gasteiger partial charge in [-0.15, -0.1) is 0 Å². The number of nitrogens with zero attached hydrogens (tertiary/aromatic N) is 1. The van der Waals surface area contributed by atoms with E-state index in [2.05, 4.69) is 69.2 Å². The van der Waals surface area contributed by atoms with Crippen molar-refractivity contribution in [3.8, 4) is 0 Å². The summed E-state index contributed by atoms with van der Waals surface area (Å²) in [4.78, 5) is 2.47. The number of piperidine rings is 1. The molecule has 0 saturated carbocycles. The molecule has 0 radical (unpaired) electrons. The van der Waals surface area contributed by atoms with Crippen LogP contribution in [-0.2, 0) is 0 Å². The van der Waals surface area contributed by atoms with E-state index in [4.69, 9.17) is 0 Å². The third kappa shape index (κ3) is 3.58. The summed E-state index contributed by atoms with van der Waals surface area (Å²) in [5, 5.41) is 3.84. The van der Waals surface area contributed by atoms with Gasteiger partial charge in [-0.1, -0.05) is 36.8 Å². The van der Waals surface area contributed by atoms with Crippen LogP contribution in [0.25, 0.3) is 0 Å². The molecule has 1 aromatic rings. The fourth-order valence-corrected chi connectivity index (χ4v) is 3.13. The molecule has 3 unspecified atom stereocenters. The number of hydrogen-bond donors (Lipinski definition) is 1. The largest absolute Gasteiger partial charge is 0.307 e. The summed E-state index contributed by atoms with van der Waals surface area (Å²) in [6.45, 7) is 10.3. The van der Waals surface area contributed by atoms with Gasteiger partial charge in [0.1, 0.15) is 0 Å². The Morgan fingerprint density at radius 3 is 2.74 bits per heavy atom. The van der Waals surface area contributed by atoms with Gasteiger partial charge < -0.3 is 10.2 Å². The second-order valence-electron chi connectivity index (χ2n) is 6.41. The van der Waals surface area contributed by atoms with Crippen LogP contribution in [0.1, 0.15) is 44.4 Å². The predicted octanol–water partition coefficient (Wildman–Crippen LogP) is 3.37. The second kappa shape index (κ2) is 6.06. The lowest BCUT2D eigenvalue weighted by Gasteiger charge is -2.41. The summed E-state index contributed by atoms with van der Waals surface area (Å²) in [6.07, 6.45) is 1.24. The first-order valence-corrected chi connectivity index (χ1v) is 7.50. The van der Waals surface area contributed by atoms with E-state index in [0.29, 0.717) is 24.0 Å². The molecule has 1 aliphatic heterocycles. The van der Waals surface area contributed by atoms with Crippen LogP contribution in [0.15, 0.2) is 24.3 Å². The molecule has 0 bridgehead atoms. The Hall–Kier alpha value is -0.860. The van der Waals surface area contributed by atoms with Crippen molar-refractivity contribution < 1.29 is 0 Å². The highest BCUT2D eigenvalue weighted by molar-refractivity contribution is 5.24. The van der Waals surface area contributed by atoms with Gasteiger partial charge in [0.05, 0.1) is 0 Å². The predicted molar refractivity (Wildman–Crippen MR) is 82.4 cm³/mol. The lowest BCUT2D eigenvalue weighted by molar-refractivity contribution is 0.116. The SMILES string of the molecule is Cc1cccc([C@H](C)NC2CC(C)N(C)CC2C)c1. The quantitative estimate of drug-likeness (QED) is 0.896. The first kappa shape index (κ1) is 14.5. The molecule has 2 heteroatoms. The lowest BCUT2D eigenvalue weighted by atomic mass is 9.89. The minimum Gasteiger partial charge on any atom is -0.307 e. The average Bonchev–Trinajstić information content (AvgIpc) is 2.36. The van der Waals surface area contributed by atoms with Gasteiger partial charge in [0.15, 0.2) is 0 Å². The van der Waals surface area contributed by atoms with Crippen LogP contribution < -0.4 is 5.32 Å². The van der Waals surface area contributed by atoms with Crippen LogP contribution in [0.4, 0.5) is 0 Å². The molecule has 0 aliphatic carbocycles. The maximum atomic E-state index is 3.84. The summed E-state index contributed by atoms with van der Waals surface area (Å²) >= 11 is 0. The van der Waals surface area contributed by atoms with E-state index in [1.807, 2.05) is 0 Å². The Bertz CT molecular complexity index is 415. The zero-order chi connectivity index (χ0) is 14.0. The van der Waals surface area contributed by atoms with E-state index in [1.54, 1.807) is 0 Å². The highest BCUT2D eigenvalue weighted by Crippen LogP contribution is 2.24. The molecule has 0 amide bonds. The van der Waals surface area contributed by atoms with Crippen molar-refractivity contribution in [3.63, 3.8) is 0 Å². The smallest absolute Gasteiger partial charge is 0.0294 e. The van der Waals surface area contributed by atoms with Crippen molar-refractivity contribution >= 4 is 0 Å². The number of aryl methyl sites for hydroxylation is 1. The summed E-state index contributed by atoms with van der Waals surface area (Å²) in [5.74, 6) is 0.716. The molecule has 1 fully saturated rings. The van der Waals surface area contributed by atoms with E-state index in [1.165, 1.54) is 24.1 Å². The highest BCUT2D eigenvalue weighted by Gasteiger charge is 2.29. The second-order valence-corrected chi connectivity index (χ2v) is 6.41.